The van der Waals surface area contributed by atoms with E-state index in [2.05, 4.69) is 0 Å². The average Bonchev–Trinajstić information content (AvgIpc) is 2.39. The van der Waals surface area contributed by atoms with E-state index in [0.29, 0.717) is 13.1 Å². The van der Waals surface area contributed by atoms with Crippen LogP contribution in [0.1, 0.15) is 10.4 Å². The zero-order valence-corrected chi connectivity index (χ0v) is 11.8. The van der Waals surface area contributed by atoms with Crippen LogP contribution in [0.2, 0.25) is 0 Å². The maximum absolute atomic E-state index is 12.4. The summed E-state index contributed by atoms with van der Waals surface area (Å²) in [5.74, 6) is 0.918. The molecule has 1 heterocycles. The Kier molecular flexibility index (Phi) is 4.02. The zero-order chi connectivity index (χ0) is 14.0. The van der Waals surface area contributed by atoms with Crippen LogP contribution >= 0.6 is 11.8 Å². The summed E-state index contributed by atoms with van der Waals surface area (Å²) >= 11 is 1.72. The lowest BCUT2D eigenvalue weighted by Gasteiger charge is -2.26. The van der Waals surface area contributed by atoms with Crippen molar-refractivity contribution in [1.82, 2.24) is 4.31 Å². The predicted octanol–water partition coefficient (Wildman–Crippen LogP) is 0.105. The second-order valence-electron chi connectivity index (χ2n) is 4.13. The topological polar surface area (TPSA) is 106 Å². The third kappa shape index (κ3) is 2.85. The lowest BCUT2D eigenvalue weighted by atomic mass is 10.2. The Labute approximate surface area is 116 Å². The number of nitrogen functional groups attached to an aromatic ring is 1. The SMILES string of the molecule is NC(=O)c1ccc(S(=O)(=O)N2CCSCC2)c(N)c1. The van der Waals surface area contributed by atoms with Gasteiger partial charge in [-0.3, -0.25) is 4.79 Å². The highest BCUT2D eigenvalue weighted by molar-refractivity contribution is 7.99. The molecule has 1 aliphatic heterocycles. The zero-order valence-electron chi connectivity index (χ0n) is 10.2. The van der Waals surface area contributed by atoms with Gasteiger partial charge >= 0.3 is 0 Å². The lowest BCUT2D eigenvalue weighted by Crippen LogP contribution is -2.38. The fraction of sp³-hybridized carbons (Fsp3) is 0.364. The van der Waals surface area contributed by atoms with E-state index in [1.54, 1.807) is 11.8 Å². The number of thioether (sulfide) groups is 1. The molecule has 0 bridgehead atoms. The fourth-order valence-corrected chi connectivity index (χ4v) is 4.54. The Balaban J connectivity index is 2.37. The van der Waals surface area contributed by atoms with E-state index in [9.17, 15) is 13.2 Å². The summed E-state index contributed by atoms with van der Waals surface area (Å²) < 4.78 is 26.2. The molecule has 6 nitrogen and oxygen atoms in total. The molecule has 1 aromatic carbocycles. The quantitative estimate of drug-likeness (QED) is 0.770. The van der Waals surface area contributed by atoms with Crippen LogP contribution < -0.4 is 11.5 Å². The molecule has 0 aromatic heterocycles. The van der Waals surface area contributed by atoms with Crippen LogP contribution in [0, 0.1) is 0 Å². The van der Waals surface area contributed by atoms with Crippen LogP contribution in [0.3, 0.4) is 0 Å². The largest absolute Gasteiger partial charge is 0.398 e. The molecule has 1 amide bonds. The molecular formula is C11H15N3O3S2. The average molecular weight is 301 g/mol. The Hall–Kier alpha value is -1.25. The highest BCUT2D eigenvalue weighted by Gasteiger charge is 2.28. The van der Waals surface area contributed by atoms with Gasteiger partial charge in [-0.25, -0.2) is 8.42 Å². The summed E-state index contributed by atoms with van der Waals surface area (Å²) in [7, 11) is -3.59. The molecule has 1 fully saturated rings. The number of amides is 1. The van der Waals surface area contributed by atoms with E-state index < -0.39 is 15.9 Å². The van der Waals surface area contributed by atoms with Gasteiger partial charge in [-0.2, -0.15) is 16.1 Å². The van der Waals surface area contributed by atoms with Crippen molar-refractivity contribution in [2.24, 2.45) is 5.73 Å². The fourth-order valence-electron chi connectivity index (χ4n) is 1.86. The molecule has 8 heteroatoms. The number of carbonyl (C=O) groups excluding carboxylic acids is 1. The van der Waals surface area contributed by atoms with Gasteiger partial charge in [-0.15, -0.1) is 0 Å². The van der Waals surface area contributed by atoms with Gasteiger partial charge in [0, 0.05) is 30.2 Å². The molecule has 19 heavy (non-hydrogen) atoms. The number of nitrogens with two attached hydrogens (primary N) is 2. The Bertz CT molecular complexity index is 595. The second kappa shape index (κ2) is 5.40. The first kappa shape index (κ1) is 14.2. The molecular weight excluding hydrogens is 286 g/mol. The van der Waals surface area contributed by atoms with Crippen molar-refractivity contribution in [3.63, 3.8) is 0 Å². The number of nitrogens with zero attached hydrogens (tertiary/aromatic N) is 1. The summed E-state index contributed by atoms with van der Waals surface area (Å²) in [4.78, 5) is 11.1. The van der Waals surface area contributed by atoms with Crippen LogP contribution in [-0.4, -0.2) is 43.2 Å². The minimum absolute atomic E-state index is 0.0319. The van der Waals surface area contributed by atoms with Crippen LogP contribution in [-0.2, 0) is 10.0 Å². The number of sulfonamides is 1. The number of rotatable bonds is 3. The Morgan fingerprint density at radius 3 is 2.42 bits per heavy atom. The van der Waals surface area contributed by atoms with Gasteiger partial charge in [-0.1, -0.05) is 0 Å². The number of primary amides is 1. The number of hydrogen-bond donors (Lipinski definition) is 2. The highest BCUT2D eigenvalue weighted by Crippen LogP contribution is 2.25. The summed E-state index contributed by atoms with van der Waals surface area (Å²) in [6.07, 6.45) is 0. The van der Waals surface area contributed by atoms with E-state index in [1.807, 2.05) is 0 Å². The highest BCUT2D eigenvalue weighted by atomic mass is 32.2. The first-order valence-corrected chi connectivity index (χ1v) is 8.29. The predicted molar refractivity (Wildman–Crippen MR) is 75.5 cm³/mol. The first-order valence-electron chi connectivity index (χ1n) is 5.70. The molecule has 0 aliphatic carbocycles. The normalized spacial score (nSPS) is 17.3. The van der Waals surface area contributed by atoms with E-state index in [4.69, 9.17) is 11.5 Å². The van der Waals surface area contributed by atoms with Gasteiger partial charge in [0.25, 0.3) is 0 Å². The third-order valence-electron chi connectivity index (χ3n) is 2.88. The van der Waals surface area contributed by atoms with Gasteiger partial charge < -0.3 is 11.5 Å². The smallest absolute Gasteiger partial charge is 0.248 e. The summed E-state index contributed by atoms with van der Waals surface area (Å²) in [6.45, 7) is 0.952. The van der Waals surface area contributed by atoms with Crippen LogP contribution in [0.4, 0.5) is 5.69 Å². The van der Waals surface area contributed by atoms with Crippen molar-refractivity contribution in [2.45, 2.75) is 4.90 Å². The van der Waals surface area contributed by atoms with Gasteiger partial charge in [0.1, 0.15) is 4.90 Å². The molecule has 0 radical (unpaired) electrons. The van der Waals surface area contributed by atoms with E-state index >= 15 is 0 Å². The molecule has 0 atom stereocenters. The number of anilines is 1. The molecule has 104 valence electrons. The maximum Gasteiger partial charge on any atom is 0.248 e. The number of benzene rings is 1. The summed E-state index contributed by atoms with van der Waals surface area (Å²) in [5.41, 5.74) is 11.1. The van der Waals surface area contributed by atoms with E-state index in [-0.39, 0.29) is 16.1 Å². The summed E-state index contributed by atoms with van der Waals surface area (Å²) in [5, 5.41) is 0. The Morgan fingerprint density at radius 2 is 1.89 bits per heavy atom. The van der Waals surface area contributed by atoms with Crippen molar-refractivity contribution in [1.29, 1.82) is 0 Å². The van der Waals surface area contributed by atoms with Crippen LogP contribution in [0.25, 0.3) is 0 Å². The van der Waals surface area contributed by atoms with Gasteiger partial charge in [0.05, 0.1) is 5.69 Å². The monoisotopic (exact) mass is 301 g/mol. The number of carbonyl (C=O) groups is 1. The minimum atomic E-state index is -3.59. The van der Waals surface area contributed by atoms with E-state index in [0.717, 1.165) is 11.5 Å². The molecule has 2 rings (SSSR count). The second-order valence-corrected chi connectivity index (χ2v) is 7.26. The number of hydrogen-bond acceptors (Lipinski definition) is 5. The van der Waals surface area contributed by atoms with Crippen molar-refractivity contribution in [3.05, 3.63) is 23.8 Å². The summed E-state index contributed by atoms with van der Waals surface area (Å²) in [6, 6.07) is 4.02. The van der Waals surface area contributed by atoms with Crippen LogP contribution in [0.5, 0.6) is 0 Å². The third-order valence-corrected chi connectivity index (χ3v) is 5.80. The first-order chi connectivity index (χ1) is 8.93. The van der Waals surface area contributed by atoms with Crippen molar-refractivity contribution in [3.8, 4) is 0 Å². The van der Waals surface area contributed by atoms with Crippen LogP contribution in [0.15, 0.2) is 23.1 Å². The van der Waals surface area contributed by atoms with Crippen molar-refractivity contribution < 1.29 is 13.2 Å². The molecule has 1 aromatic rings. The molecule has 1 aliphatic rings. The molecule has 0 unspecified atom stereocenters. The van der Waals surface area contributed by atoms with Gasteiger partial charge in [-0.05, 0) is 18.2 Å². The van der Waals surface area contributed by atoms with Crippen molar-refractivity contribution >= 4 is 33.4 Å². The van der Waals surface area contributed by atoms with Crippen molar-refractivity contribution in [2.75, 3.05) is 30.3 Å². The lowest BCUT2D eigenvalue weighted by molar-refractivity contribution is 0.1000. The standard InChI is InChI=1S/C11H15N3O3S2/c12-9-7-8(11(13)15)1-2-10(9)19(16,17)14-3-5-18-6-4-14/h1-2,7H,3-6,12H2,(H2,13,15). The minimum Gasteiger partial charge on any atom is -0.398 e. The molecule has 0 saturated carbocycles. The van der Waals surface area contributed by atoms with E-state index in [1.165, 1.54) is 22.5 Å². The Morgan fingerprint density at radius 1 is 1.26 bits per heavy atom. The van der Waals surface area contributed by atoms with Gasteiger partial charge in [0.2, 0.25) is 15.9 Å². The van der Waals surface area contributed by atoms with Gasteiger partial charge in [0.15, 0.2) is 0 Å². The maximum atomic E-state index is 12.4. The molecule has 1 saturated heterocycles. The molecule has 0 spiro atoms. The molecule has 4 N–H and O–H groups in total.